The van der Waals surface area contributed by atoms with E-state index in [0.29, 0.717) is 35.8 Å². The molecular formula is C45H58N2O6. The van der Waals surface area contributed by atoms with Crippen molar-refractivity contribution in [3.8, 4) is 11.5 Å². The Kier molecular flexibility index (Phi) is 9.12. The second-order valence-corrected chi connectivity index (χ2v) is 17.8. The summed E-state index contributed by atoms with van der Waals surface area (Å²) < 4.78 is 11.2. The van der Waals surface area contributed by atoms with Gasteiger partial charge >= 0.3 is 6.03 Å². The number of Topliss-reactive ketones (excluding diaryl/α,β-unsaturated/α-hetero) is 1. The van der Waals surface area contributed by atoms with Gasteiger partial charge in [-0.2, -0.15) is 0 Å². The van der Waals surface area contributed by atoms with Crippen LogP contribution in [0.2, 0.25) is 0 Å². The molecule has 2 aromatic carbocycles. The molecule has 0 aliphatic heterocycles. The SMILES string of the molecule is COc1ccc(CN(C[C@]2(O)CC[C@H]3[C@]45C=C[C@@]6(C=C4C(=O)C4CCCCC4)CC(O)CC[C@]6(C)[C@H]5CC[C@@]32C)C(=O)Nc2ccccc2)c(OC)c1. The first-order valence-corrected chi connectivity index (χ1v) is 20.1. The molecule has 2 spiro atoms. The molecule has 0 heterocycles. The average molecular weight is 723 g/mol. The maximum absolute atomic E-state index is 14.9. The summed E-state index contributed by atoms with van der Waals surface area (Å²) in [6.07, 6.45) is 17.4. The molecule has 0 saturated heterocycles. The van der Waals surface area contributed by atoms with Gasteiger partial charge in [0, 0.05) is 45.1 Å². The first kappa shape index (κ1) is 36.4. The van der Waals surface area contributed by atoms with Gasteiger partial charge in [-0.25, -0.2) is 4.79 Å². The van der Waals surface area contributed by atoms with E-state index in [9.17, 15) is 19.8 Å². The van der Waals surface area contributed by atoms with Crippen molar-refractivity contribution in [1.29, 1.82) is 0 Å². The summed E-state index contributed by atoms with van der Waals surface area (Å²) in [7, 11) is 3.23. The molecule has 7 aliphatic carbocycles. The van der Waals surface area contributed by atoms with Crippen molar-refractivity contribution in [2.75, 3.05) is 26.1 Å². The summed E-state index contributed by atoms with van der Waals surface area (Å²) in [6, 6.07) is 14.8. The Bertz CT molecular complexity index is 1800. The van der Waals surface area contributed by atoms with Gasteiger partial charge in [-0.3, -0.25) is 4.79 Å². The van der Waals surface area contributed by atoms with Gasteiger partial charge < -0.3 is 29.9 Å². The van der Waals surface area contributed by atoms with Crippen LogP contribution in [-0.2, 0) is 11.3 Å². The van der Waals surface area contributed by atoms with Crippen LogP contribution in [0.1, 0.15) is 96.5 Å². The molecule has 7 aliphatic rings. The summed E-state index contributed by atoms with van der Waals surface area (Å²) in [5.41, 5.74) is -0.173. The van der Waals surface area contributed by atoms with Crippen LogP contribution in [0.15, 0.2) is 72.3 Å². The number of amides is 2. The highest BCUT2D eigenvalue weighted by atomic mass is 16.5. The van der Waals surface area contributed by atoms with Gasteiger partial charge in [0.05, 0.1) is 39.0 Å². The lowest BCUT2D eigenvalue weighted by molar-refractivity contribution is -0.178. The number of nitrogens with zero attached hydrogens (tertiary/aromatic N) is 1. The highest BCUT2D eigenvalue weighted by molar-refractivity contribution is 6.00. The number of hydrogen-bond acceptors (Lipinski definition) is 6. The Hall–Kier alpha value is -3.62. The monoisotopic (exact) mass is 722 g/mol. The summed E-state index contributed by atoms with van der Waals surface area (Å²) in [6.45, 7) is 5.05. The molecule has 53 heavy (non-hydrogen) atoms. The average Bonchev–Trinajstić information content (AvgIpc) is 3.44. The highest BCUT2D eigenvalue weighted by Gasteiger charge is 2.74. The fourth-order valence-corrected chi connectivity index (χ4v) is 12.6. The number of allylic oxidation sites excluding steroid dienone is 4. The summed E-state index contributed by atoms with van der Waals surface area (Å²) in [5.74, 6) is 1.92. The van der Waals surface area contributed by atoms with Crippen LogP contribution in [0, 0.1) is 39.4 Å². The van der Waals surface area contributed by atoms with Crippen molar-refractivity contribution in [3.63, 3.8) is 0 Å². The van der Waals surface area contributed by atoms with Gasteiger partial charge in [0.15, 0.2) is 5.78 Å². The number of urea groups is 1. The number of aliphatic hydroxyl groups is 2. The number of rotatable bonds is 9. The van der Waals surface area contributed by atoms with E-state index >= 15 is 0 Å². The Labute approximate surface area is 315 Å². The van der Waals surface area contributed by atoms with E-state index in [2.05, 4.69) is 37.4 Å². The highest BCUT2D eigenvalue weighted by Crippen LogP contribution is 2.78. The van der Waals surface area contributed by atoms with E-state index < -0.39 is 16.4 Å². The van der Waals surface area contributed by atoms with Crippen molar-refractivity contribution in [3.05, 3.63) is 77.9 Å². The van der Waals surface area contributed by atoms with Crippen molar-refractivity contribution in [1.82, 2.24) is 4.90 Å². The predicted molar refractivity (Wildman–Crippen MR) is 206 cm³/mol. The number of carbonyl (C=O) groups excluding carboxylic acids is 2. The molecule has 4 saturated carbocycles. The topological polar surface area (TPSA) is 108 Å². The maximum atomic E-state index is 14.9. The quantitative estimate of drug-likeness (QED) is 0.224. The molecule has 0 aromatic heterocycles. The number of fused-ring (bicyclic) bond motifs is 1. The molecule has 4 fully saturated rings. The molecule has 2 amide bonds. The Morgan fingerprint density at radius 1 is 0.868 bits per heavy atom. The van der Waals surface area contributed by atoms with Gasteiger partial charge in [-0.05, 0) is 99.3 Å². The van der Waals surface area contributed by atoms with Gasteiger partial charge in [-0.1, -0.05) is 69.5 Å². The van der Waals surface area contributed by atoms with E-state index in [4.69, 9.17) is 9.47 Å². The van der Waals surface area contributed by atoms with Crippen LogP contribution in [-0.4, -0.2) is 59.4 Å². The van der Waals surface area contributed by atoms with Crippen molar-refractivity contribution in [2.24, 2.45) is 39.4 Å². The lowest BCUT2D eigenvalue weighted by Gasteiger charge is -2.71. The van der Waals surface area contributed by atoms with Crippen LogP contribution in [0.25, 0.3) is 0 Å². The lowest BCUT2D eigenvalue weighted by atomic mass is 9.32. The van der Waals surface area contributed by atoms with E-state index in [0.717, 1.165) is 68.9 Å². The smallest absolute Gasteiger partial charge is 0.322 e. The lowest BCUT2D eigenvalue weighted by Crippen LogP contribution is -2.67. The maximum Gasteiger partial charge on any atom is 0.322 e. The minimum atomic E-state index is -1.20. The number of methoxy groups -OCH3 is 2. The predicted octanol–water partition coefficient (Wildman–Crippen LogP) is 8.48. The summed E-state index contributed by atoms with van der Waals surface area (Å²) >= 11 is 0. The van der Waals surface area contributed by atoms with Crippen LogP contribution >= 0.6 is 0 Å². The van der Waals surface area contributed by atoms with Gasteiger partial charge in [0.2, 0.25) is 0 Å². The van der Waals surface area contributed by atoms with Crippen molar-refractivity contribution in [2.45, 2.75) is 109 Å². The fourth-order valence-electron chi connectivity index (χ4n) is 12.6. The third kappa shape index (κ3) is 5.51. The van der Waals surface area contributed by atoms with Crippen molar-refractivity contribution < 1.29 is 29.3 Å². The Morgan fingerprint density at radius 2 is 1.58 bits per heavy atom. The molecule has 2 bridgehead atoms. The van der Waals surface area contributed by atoms with Crippen LogP contribution in [0.3, 0.4) is 0 Å². The zero-order valence-electron chi connectivity index (χ0n) is 32.0. The number of ether oxygens (including phenoxy) is 2. The second-order valence-electron chi connectivity index (χ2n) is 17.8. The number of benzene rings is 2. The molecule has 8 nitrogen and oxygen atoms in total. The molecule has 8 heteroatoms. The molecular weight excluding hydrogens is 665 g/mol. The van der Waals surface area contributed by atoms with Gasteiger partial charge in [0.25, 0.3) is 0 Å². The molecule has 9 rings (SSSR count). The minimum Gasteiger partial charge on any atom is -0.497 e. The van der Waals surface area contributed by atoms with E-state index in [1.165, 1.54) is 6.42 Å². The third-order valence-corrected chi connectivity index (χ3v) is 15.6. The van der Waals surface area contributed by atoms with E-state index in [-0.39, 0.29) is 53.8 Å². The second kappa shape index (κ2) is 13.3. The van der Waals surface area contributed by atoms with Crippen molar-refractivity contribution >= 4 is 17.5 Å². The zero-order chi connectivity index (χ0) is 37.2. The first-order chi connectivity index (χ1) is 25.4. The Morgan fingerprint density at radius 3 is 2.32 bits per heavy atom. The number of para-hydroxylation sites is 1. The van der Waals surface area contributed by atoms with E-state index in [1.54, 1.807) is 19.1 Å². The van der Waals surface area contributed by atoms with E-state index in [1.807, 2.05) is 48.5 Å². The number of hydrogen-bond donors (Lipinski definition) is 3. The largest absolute Gasteiger partial charge is 0.497 e. The third-order valence-electron chi connectivity index (χ3n) is 15.6. The van der Waals surface area contributed by atoms with Crippen LogP contribution < -0.4 is 14.8 Å². The van der Waals surface area contributed by atoms with Crippen LogP contribution in [0.4, 0.5) is 10.5 Å². The number of carbonyl (C=O) groups is 2. The molecule has 2 aromatic rings. The number of aliphatic hydroxyl groups excluding tert-OH is 1. The zero-order valence-corrected chi connectivity index (χ0v) is 32.0. The Balaban J connectivity index is 1.18. The summed E-state index contributed by atoms with van der Waals surface area (Å²) in [4.78, 5) is 31.0. The van der Waals surface area contributed by atoms with Crippen LogP contribution in [0.5, 0.6) is 11.5 Å². The standard InChI is InChI=1S/C45H58N2O6/c1-41-20-17-33(48)26-43(41)23-24-45(35(27-43)39(49)30-11-7-5-8-12-30)37(41)18-21-42(2)38(45)19-22-44(42,51)29-47(40(50)46-32-13-9-6-10-14-32)28-31-15-16-34(52-3)25-36(31)53-4/h6,9-10,13-16,23-25,27,30,33,37-38,48,51H,5,7-8,11-12,17-22,26,28-29H2,1-4H3,(H,46,50)/t33?,37-,38-,41-,42+,43+,44-,45-/m1/s1. The minimum absolute atomic E-state index is 0.0327. The van der Waals surface area contributed by atoms with Gasteiger partial charge in [0.1, 0.15) is 11.5 Å². The molecule has 284 valence electrons. The summed E-state index contributed by atoms with van der Waals surface area (Å²) in [5, 5.41) is 27.3. The van der Waals surface area contributed by atoms with Gasteiger partial charge in [-0.15, -0.1) is 0 Å². The molecule has 3 N–H and O–H groups in total. The molecule has 1 unspecified atom stereocenters. The fraction of sp³-hybridized carbons (Fsp3) is 0.600. The molecule has 8 atom stereocenters. The molecule has 0 radical (unpaired) electrons. The normalized spacial score (nSPS) is 37.2. The number of nitrogens with one attached hydrogen (secondary N) is 1. The number of anilines is 1. The number of ketones is 1. The first-order valence-electron chi connectivity index (χ1n) is 20.1.